The van der Waals surface area contributed by atoms with E-state index in [1.165, 1.54) is 110 Å². The van der Waals surface area contributed by atoms with Crippen LogP contribution in [0.4, 0.5) is 0 Å². The fraction of sp³-hybridized carbons (Fsp3) is 0. The molecule has 2 nitrogen and oxygen atoms in total. The number of hydrogen-bond donors (Lipinski definition) is 0. The van der Waals surface area contributed by atoms with E-state index in [0.29, 0.717) is 0 Å². The first-order chi connectivity index (χ1) is 26.8. The number of para-hydroxylation sites is 3. The van der Waals surface area contributed by atoms with Crippen molar-refractivity contribution in [3.05, 3.63) is 194 Å². The predicted molar refractivity (Wildman–Crippen MR) is 228 cm³/mol. The number of benzene rings is 9. The minimum absolute atomic E-state index is 1.18. The van der Waals surface area contributed by atoms with Crippen molar-refractivity contribution in [3.63, 3.8) is 0 Å². The first kappa shape index (κ1) is 29.4. The fourth-order valence-electron chi connectivity index (χ4n) is 9.17. The molecule has 2 heteroatoms. The van der Waals surface area contributed by atoms with Gasteiger partial charge in [0.25, 0.3) is 0 Å². The van der Waals surface area contributed by atoms with Crippen LogP contribution in [-0.4, -0.2) is 9.13 Å². The third-order valence-electron chi connectivity index (χ3n) is 11.7. The van der Waals surface area contributed by atoms with E-state index in [0.717, 1.165) is 0 Å². The monoisotopic (exact) mass is 684 g/mol. The molecule has 0 saturated carbocycles. The molecular weight excluding hydrogens is 653 g/mol. The van der Waals surface area contributed by atoms with Gasteiger partial charge in [-0.3, -0.25) is 0 Å². The summed E-state index contributed by atoms with van der Waals surface area (Å²) < 4.78 is 4.88. The average molecular weight is 685 g/mol. The second-order valence-electron chi connectivity index (χ2n) is 14.5. The van der Waals surface area contributed by atoms with Crippen molar-refractivity contribution in [1.29, 1.82) is 0 Å². The molecule has 0 aliphatic carbocycles. The van der Waals surface area contributed by atoms with Gasteiger partial charge in [0.2, 0.25) is 0 Å². The van der Waals surface area contributed by atoms with Gasteiger partial charge < -0.3 is 9.13 Å². The lowest BCUT2D eigenvalue weighted by Crippen LogP contribution is -1.95. The van der Waals surface area contributed by atoms with Gasteiger partial charge in [-0.05, 0) is 92.7 Å². The summed E-state index contributed by atoms with van der Waals surface area (Å²) in [7, 11) is 0. The summed E-state index contributed by atoms with van der Waals surface area (Å²) >= 11 is 0. The Kier molecular flexibility index (Phi) is 6.09. The third kappa shape index (κ3) is 4.17. The molecule has 2 aromatic heterocycles. The molecule has 9 aromatic carbocycles. The first-order valence-corrected chi connectivity index (χ1v) is 18.7. The summed E-state index contributed by atoms with van der Waals surface area (Å²) in [6.45, 7) is 0. The molecule has 0 N–H and O–H groups in total. The number of hydrogen-bond acceptors (Lipinski definition) is 0. The summed E-state index contributed by atoms with van der Waals surface area (Å²) in [5.74, 6) is 0. The Bertz CT molecular complexity index is 3320. The van der Waals surface area contributed by atoms with Crippen LogP contribution in [0.15, 0.2) is 194 Å². The molecule has 250 valence electrons. The Balaban J connectivity index is 0.963. The van der Waals surface area contributed by atoms with E-state index in [1.54, 1.807) is 0 Å². The maximum atomic E-state index is 2.48. The van der Waals surface area contributed by atoms with Gasteiger partial charge >= 0.3 is 0 Å². The molecule has 1 aliphatic rings. The second kappa shape index (κ2) is 11.2. The van der Waals surface area contributed by atoms with Crippen molar-refractivity contribution >= 4 is 54.4 Å². The van der Waals surface area contributed by atoms with Crippen LogP contribution in [0.1, 0.15) is 0 Å². The van der Waals surface area contributed by atoms with E-state index in [-0.39, 0.29) is 0 Å². The lowest BCUT2D eigenvalue weighted by molar-refractivity contribution is 1.19. The topological polar surface area (TPSA) is 9.86 Å². The Morgan fingerprint density at radius 3 is 1.59 bits per heavy atom. The predicted octanol–water partition coefficient (Wildman–Crippen LogP) is 14.0. The number of fused-ring (bicyclic) bond motifs is 12. The maximum Gasteiger partial charge on any atom is 0.0619 e. The highest BCUT2D eigenvalue weighted by Gasteiger charge is 2.24. The molecule has 0 unspecified atom stereocenters. The standard InChI is InChI=1S/C52H32N2/c1-2-11-36-30-39(27-24-33(36)10-1)53-48-18-7-6-15-43(48)46-31-37(25-28-50(46)53)34-20-22-35(23-21-34)38-26-29-51-47(32-38)45-17-9-16-44-41-13-4-3-12-40(41)42-14-5-8-19-49(42)54(51)52(44)45/h1-32H. The molecule has 0 fully saturated rings. The van der Waals surface area contributed by atoms with E-state index >= 15 is 0 Å². The molecule has 0 spiro atoms. The summed E-state index contributed by atoms with van der Waals surface area (Å²) in [4.78, 5) is 0. The maximum absolute atomic E-state index is 2.48. The van der Waals surface area contributed by atoms with Crippen molar-refractivity contribution in [2.45, 2.75) is 0 Å². The summed E-state index contributed by atoms with van der Waals surface area (Å²) in [5.41, 5.74) is 17.3. The summed E-state index contributed by atoms with van der Waals surface area (Å²) in [5, 5.41) is 7.59. The van der Waals surface area contributed by atoms with Gasteiger partial charge in [0.1, 0.15) is 0 Å². The zero-order chi connectivity index (χ0) is 35.3. The number of aromatic nitrogens is 2. The minimum atomic E-state index is 1.18. The van der Waals surface area contributed by atoms with Crippen LogP contribution in [0.3, 0.4) is 0 Å². The van der Waals surface area contributed by atoms with Crippen molar-refractivity contribution < 1.29 is 0 Å². The highest BCUT2D eigenvalue weighted by molar-refractivity contribution is 6.17. The molecule has 0 bridgehead atoms. The highest BCUT2D eigenvalue weighted by Crippen LogP contribution is 2.47. The normalized spacial score (nSPS) is 12.1. The molecule has 0 saturated heterocycles. The van der Waals surface area contributed by atoms with Crippen molar-refractivity contribution in [3.8, 4) is 55.9 Å². The van der Waals surface area contributed by atoms with Gasteiger partial charge in [-0.2, -0.15) is 0 Å². The van der Waals surface area contributed by atoms with Crippen LogP contribution in [-0.2, 0) is 0 Å². The first-order valence-electron chi connectivity index (χ1n) is 18.7. The molecule has 3 heterocycles. The Labute approximate surface area is 312 Å². The quantitative estimate of drug-likeness (QED) is 0.175. The van der Waals surface area contributed by atoms with Crippen LogP contribution in [0.25, 0.3) is 110 Å². The van der Waals surface area contributed by atoms with Crippen molar-refractivity contribution in [1.82, 2.24) is 9.13 Å². The van der Waals surface area contributed by atoms with Gasteiger partial charge in [0.05, 0.1) is 27.8 Å². The van der Waals surface area contributed by atoms with Gasteiger partial charge in [-0.1, -0.05) is 146 Å². The average Bonchev–Trinajstić information content (AvgIpc) is 3.71. The largest absolute Gasteiger partial charge is 0.309 e. The zero-order valence-electron chi connectivity index (χ0n) is 29.4. The minimum Gasteiger partial charge on any atom is -0.309 e. The molecular formula is C52H32N2. The van der Waals surface area contributed by atoms with Crippen LogP contribution < -0.4 is 0 Å². The van der Waals surface area contributed by atoms with Crippen LogP contribution >= 0.6 is 0 Å². The molecule has 0 amide bonds. The lowest BCUT2D eigenvalue weighted by atomic mass is 9.93. The Morgan fingerprint density at radius 1 is 0.278 bits per heavy atom. The molecule has 0 atom stereocenters. The summed E-state index contributed by atoms with van der Waals surface area (Å²) in [6.07, 6.45) is 0. The van der Waals surface area contributed by atoms with Crippen LogP contribution in [0.5, 0.6) is 0 Å². The van der Waals surface area contributed by atoms with Gasteiger partial charge in [-0.25, -0.2) is 0 Å². The van der Waals surface area contributed by atoms with Crippen LogP contribution in [0, 0.1) is 0 Å². The van der Waals surface area contributed by atoms with Crippen molar-refractivity contribution in [2.24, 2.45) is 0 Å². The van der Waals surface area contributed by atoms with E-state index in [2.05, 4.69) is 203 Å². The van der Waals surface area contributed by atoms with E-state index in [9.17, 15) is 0 Å². The SMILES string of the molecule is c1ccc2c(c1)-c1ccccc1-n1c3ccc(-c4ccc(-c5ccc6c(c5)c5ccccc5n6-c5ccc6ccccc6c5)cc4)cc3c3cccc-2c31. The Morgan fingerprint density at radius 2 is 0.815 bits per heavy atom. The smallest absolute Gasteiger partial charge is 0.0619 e. The highest BCUT2D eigenvalue weighted by atomic mass is 15.0. The van der Waals surface area contributed by atoms with Gasteiger partial charge in [0, 0.05) is 38.4 Å². The zero-order valence-corrected chi connectivity index (χ0v) is 29.4. The molecule has 12 rings (SSSR count). The fourth-order valence-corrected chi connectivity index (χ4v) is 9.17. The van der Waals surface area contributed by atoms with Gasteiger partial charge in [0.15, 0.2) is 0 Å². The molecule has 0 radical (unpaired) electrons. The van der Waals surface area contributed by atoms with Crippen molar-refractivity contribution in [2.75, 3.05) is 0 Å². The van der Waals surface area contributed by atoms with E-state index in [1.807, 2.05) is 0 Å². The number of rotatable bonds is 3. The molecule has 11 aromatic rings. The second-order valence-corrected chi connectivity index (χ2v) is 14.5. The van der Waals surface area contributed by atoms with Gasteiger partial charge in [-0.15, -0.1) is 0 Å². The number of nitrogens with zero attached hydrogens (tertiary/aromatic N) is 2. The summed E-state index contributed by atoms with van der Waals surface area (Å²) in [6, 6.07) is 71.6. The van der Waals surface area contributed by atoms with Crippen LogP contribution in [0.2, 0.25) is 0 Å². The third-order valence-corrected chi connectivity index (χ3v) is 11.7. The molecule has 1 aliphatic heterocycles. The van der Waals surface area contributed by atoms with E-state index in [4.69, 9.17) is 0 Å². The van der Waals surface area contributed by atoms with E-state index < -0.39 is 0 Å². The Hall–Kier alpha value is -7.16. The lowest BCUT2D eigenvalue weighted by Gasteiger charge is -2.12. The molecule has 54 heavy (non-hydrogen) atoms.